The number of pyridine rings is 1. The van der Waals surface area contributed by atoms with Crippen LogP contribution in [-0.2, 0) is 0 Å². The van der Waals surface area contributed by atoms with E-state index in [4.69, 9.17) is 15.6 Å². The highest BCUT2D eigenvalue weighted by Gasteiger charge is 2.26. The number of nitrogen functional groups attached to an aromatic ring is 1. The molecule has 2 heterocycles. The van der Waals surface area contributed by atoms with Crippen molar-refractivity contribution in [2.45, 2.75) is 13.0 Å². The lowest BCUT2D eigenvalue weighted by Crippen LogP contribution is -2.27. The third kappa shape index (κ3) is 1.49. The number of carbonyl (C=O) groups is 1. The predicted octanol–water partition coefficient (Wildman–Crippen LogP) is 1.17. The lowest BCUT2D eigenvalue weighted by molar-refractivity contribution is 0.0694. The molecule has 0 saturated carbocycles. The highest BCUT2D eigenvalue weighted by atomic mass is 19.1. The van der Waals surface area contributed by atoms with E-state index in [-0.39, 0.29) is 29.3 Å². The molecule has 0 unspecified atom stereocenters. The first-order valence-corrected chi connectivity index (χ1v) is 5.87. The van der Waals surface area contributed by atoms with Gasteiger partial charge in [-0.15, -0.1) is 0 Å². The second-order valence-electron chi connectivity index (χ2n) is 4.65. The number of hydrogen-bond donors (Lipinski definition) is 2. The van der Waals surface area contributed by atoms with Gasteiger partial charge in [-0.3, -0.25) is 4.79 Å². The van der Waals surface area contributed by atoms with E-state index in [0.717, 1.165) is 0 Å². The molecule has 7 heteroatoms. The minimum absolute atomic E-state index is 0.0684. The zero-order chi connectivity index (χ0) is 14.6. The first-order chi connectivity index (χ1) is 9.41. The Morgan fingerprint density at radius 3 is 3.00 bits per heavy atom. The van der Waals surface area contributed by atoms with Crippen molar-refractivity contribution in [3.8, 4) is 5.75 Å². The van der Waals surface area contributed by atoms with Crippen molar-refractivity contribution in [2.75, 3.05) is 12.3 Å². The molecule has 0 aliphatic carbocycles. The van der Waals surface area contributed by atoms with Gasteiger partial charge in [0.25, 0.3) is 0 Å². The number of anilines is 1. The molecule has 2 aromatic rings. The Morgan fingerprint density at radius 1 is 1.65 bits per heavy atom. The minimum Gasteiger partial charge on any atom is -0.488 e. The van der Waals surface area contributed by atoms with Crippen LogP contribution in [0, 0.1) is 11.9 Å². The fraction of sp³-hybridized carbons (Fsp3) is 0.231. The molecule has 0 saturated heterocycles. The summed E-state index contributed by atoms with van der Waals surface area (Å²) in [7, 11) is 0. The lowest BCUT2D eigenvalue weighted by atomic mass is 10.1. The second kappa shape index (κ2) is 3.96. The van der Waals surface area contributed by atoms with Gasteiger partial charge in [0.05, 0.1) is 28.7 Å². The normalized spacial score (nSPS) is 17.0. The van der Waals surface area contributed by atoms with Gasteiger partial charge < -0.3 is 20.1 Å². The van der Waals surface area contributed by atoms with Crippen LogP contribution < -0.4 is 15.9 Å². The number of hydrogen-bond acceptors (Lipinski definition) is 4. The Labute approximate surface area is 112 Å². The topological polar surface area (TPSA) is 94.6 Å². The van der Waals surface area contributed by atoms with E-state index < -0.39 is 28.5 Å². The number of rotatable bonds is 1. The zero-order valence-corrected chi connectivity index (χ0v) is 10.4. The van der Waals surface area contributed by atoms with Crippen LogP contribution in [0.2, 0.25) is 0 Å². The molecule has 6 nitrogen and oxygen atoms in total. The lowest BCUT2D eigenvalue weighted by Gasteiger charge is -2.27. The molecule has 0 fully saturated rings. The Balaban J connectivity index is 2.60. The van der Waals surface area contributed by atoms with E-state index in [9.17, 15) is 14.0 Å². The summed E-state index contributed by atoms with van der Waals surface area (Å²) in [4.78, 5) is 23.3. The summed E-state index contributed by atoms with van der Waals surface area (Å²) < 4.78 is 20.6. The minimum atomic E-state index is -1.38. The number of nitrogens with zero attached hydrogens (tertiary/aromatic N) is 1. The molecule has 3 rings (SSSR count). The van der Waals surface area contributed by atoms with Crippen molar-refractivity contribution < 1.29 is 19.0 Å². The maximum Gasteiger partial charge on any atom is 0.341 e. The number of halogens is 1. The van der Waals surface area contributed by atoms with Crippen molar-refractivity contribution in [2.24, 2.45) is 0 Å². The molecule has 1 aliphatic heterocycles. The van der Waals surface area contributed by atoms with Crippen LogP contribution in [0.3, 0.4) is 0 Å². The van der Waals surface area contributed by atoms with Crippen molar-refractivity contribution >= 4 is 22.6 Å². The van der Waals surface area contributed by atoms with Crippen LogP contribution in [-0.4, -0.2) is 22.2 Å². The summed E-state index contributed by atoms with van der Waals surface area (Å²) in [6.07, 6.45) is 1.23. The number of ether oxygens (including phenoxy) is 1. The molecule has 0 bridgehead atoms. The first-order valence-electron chi connectivity index (χ1n) is 5.87. The van der Waals surface area contributed by atoms with E-state index >= 15 is 0 Å². The SMILES string of the molecule is C[C@H]1COc2[c]c(F)c(N)c3c(=O)c(C(=O)O)cn1c23. The molecule has 0 amide bonds. The zero-order valence-electron chi connectivity index (χ0n) is 10.4. The predicted molar refractivity (Wildman–Crippen MR) is 68.6 cm³/mol. The molecular weight excluding hydrogens is 267 g/mol. The molecule has 1 radical (unpaired) electrons. The summed E-state index contributed by atoms with van der Waals surface area (Å²) in [6, 6.07) is 2.13. The molecule has 103 valence electrons. The molecule has 20 heavy (non-hydrogen) atoms. The third-order valence-corrected chi connectivity index (χ3v) is 3.35. The van der Waals surface area contributed by atoms with Gasteiger partial charge >= 0.3 is 5.97 Å². The average Bonchev–Trinajstić information content (AvgIpc) is 2.39. The summed E-state index contributed by atoms with van der Waals surface area (Å²) >= 11 is 0. The number of aromatic carboxylic acids is 1. The molecule has 1 atom stereocenters. The van der Waals surface area contributed by atoms with E-state index in [0.29, 0.717) is 0 Å². The second-order valence-corrected chi connectivity index (χ2v) is 4.65. The number of carboxylic acid groups (broad SMARTS) is 1. The highest BCUT2D eigenvalue weighted by molar-refractivity contribution is 5.99. The Hall–Kier alpha value is -2.57. The van der Waals surface area contributed by atoms with E-state index in [1.54, 1.807) is 11.5 Å². The number of aromatic nitrogens is 1. The van der Waals surface area contributed by atoms with Gasteiger partial charge in [-0.05, 0) is 6.92 Å². The number of nitrogens with two attached hydrogens (primary N) is 1. The van der Waals surface area contributed by atoms with Gasteiger partial charge in [-0.25, -0.2) is 9.18 Å². The third-order valence-electron chi connectivity index (χ3n) is 3.35. The number of carboxylic acids is 1. The van der Waals surface area contributed by atoms with Crippen LogP contribution in [0.15, 0.2) is 11.0 Å². The van der Waals surface area contributed by atoms with Crippen LogP contribution in [0.5, 0.6) is 5.75 Å². The van der Waals surface area contributed by atoms with Crippen molar-refractivity contribution in [1.29, 1.82) is 0 Å². The molecular formula is C13H10FN2O4. The van der Waals surface area contributed by atoms with Crippen LogP contribution >= 0.6 is 0 Å². The Morgan fingerprint density at radius 2 is 2.35 bits per heavy atom. The maximum atomic E-state index is 13.7. The standard InChI is InChI=1S/C13H10FN2O4/c1-5-4-20-8-2-7(14)10(15)9-11(8)16(5)3-6(12(9)17)13(18)19/h3,5H,4,15H2,1H3,(H,18,19)/t5-/m0/s1. The molecule has 3 N–H and O–H groups in total. The van der Waals surface area contributed by atoms with Crippen molar-refractivity contribution in [3.63, 3.8) is 0 Å². The highest BCUT2D eigenvalue weighted by Crippen LogP contribution is 2.35. The van der Waals surface area contributed by atoms with Gasteiger partial charge in [0.2, 0.25) is 5.43 Å². The van der Waals surface area contributed by atoms with Crippen LogP contribution in [0.25, 0.3) is 10.9 Å². The van der Waals surface area contributed by atoms with Crippen molar-refractivity contribution in [1.82, 2.24) is 4.57 Å². The molecule has 1 aromatic heterocycles. The van der Waals surface area contributed by atoms with E-state index in [1.807, 2.05) is 0 Å². The van der Waals surface area contributed by atoms with Crippen LogP contribution in [0.4, 0.5) is 10.1 Å². The average molecular weight is 277 g/mol. The van der Waals surface area contributed by atoms with Gasteiger partial charge in [-0.2, -0.15) is 0 Å². The van der Waals surface area contributed by atoms with Gasteiger partial charge in [0, 0.05) is 6.20 Å². The van der Waals surface area contributed by atoms with Gasteiger partial charge in [0.15, 0.2) is 11.6 Å². The fourth-order valence-corrected chi connectivity index (χ4v) is 2.34. The van der Waals surface area contributed by atoms with Crippen LogP contribution in [0.1, 0.15) is 23.3 Å². The Bertz CT molecular complexity index is 812. The summed E-state index contributed by atoms with van der Waals surface area (Å²) in [5.41, 5.74) is 4.17. The Kier molecular flexibility index (Phi) is 2.47. The van der Waals surface area contributed by atoms with Crippen molar-refractivity contribution in [3.05, 3.63) is 33.9 Å². The fourth-order valence-electron chi connectivity index (χ4n) is 2.34. The molecule has 1 aliphatic rings. The summed E-state index contributed by atoms with van der Waals surface area (Å²) in [5, 5.41) is 8.91. The smallest absolute Gasteiger partial charge is 0.341 e. The monoisotopic (exact) mass is 277 g/mol. The quantitative estimate of drug-likeness (QED) is 0.763. The van der Waals surface area contributed by atoms with Gasteiger partial charge in [-0.1, -0.05) is 0 Å². The molecule has 1 aromatic carbocycles. The molecule has 0 spiro atoms. The van der Waals surface area contributed by atoms with E-state index in [1.165, 1.54) is 6.20 Å². The first kappa shape index (κ1) is 12.5. The summed E-state index contributed by atoms with van der Waals surface area (Å²) in [6.45, 7) is 2.02. The largest absolute Gasteiger partial charge is 0.488 e. The van der Waals surface area contributed by atoms with Gasteiger partial charge in [0.1, 0.15) is 12.2 Å². The maximum absolute atomic E-state index is 13.7. The summed E-state index contributed by atoms with van der Waals surface area (Å²) in [5.74, 6) is -2.24. The number of benzene rings is 1. The van der Waals surface area contributed by atoms with E-state index in [2.05, 4.69) is 6.07 Å².